The third-order valence-corrected chi connectivity index (χ3v) is 3.36. The molecular formula is C17H24N2O4. The van der Waals surface area contributed by atoms with Gasteiger partial charge in [0.15, 0.2) is 0 Å². The van der Waals surface area contributed by atoms with E-state index in [0.29, 0.717) is 25.1 Å². The van der Waals surface area contributed by atoms with Crippen LogP contribution < -0.4 is 10.6 Å². The van der Waals surface area contributed by atoms with Gasteiger partial charge in [0.05, 0.1) is 13.2 Å². The highest BCUT2D eigenvalue weighted by Crippen LogP contribution is 2.09. The summed E-state index contributed by atoms with van der Waals surface area (Å²) in [6, 6.07) is 5.40. The first kappa shape index (κ1) is 18.7. The molecular weight excluding hydrogens is 296 g/mol. The first-order chi connectivity index (χ1) is 10.9. The molecule has 0 spiro atoms. The molecule has 6 nitrogen and oxygen atoms in total. The Bertz CT molecular complexity index is 570. The van der Waals surface area contributed by atoms with Crippen LogP contribution >= 0.6 is 0 Å². The first-order valence-electron chi connectivity index (χ1n) is 7.71. The van der Waals surface area contributed by atoms with Crippen LogP contribution in [-0.4, -0.2) is 37.5 Å². The average molecular weight is 320 g/mol. The van der Waals surface area contributed by atoms with Crippen LogP contribution in [0, 0.1) is 13.8 Å². The second-order valence-electron chi connectivity index (χ2n) is 5.24. The molecule has 0 fully saturated rings. The minimum atomic E-state index is -0.286. The number of carbonyl (C=O) groups excluding carboxylic acids is 3. The third kappa shape index (κ3) is 6.95. The van der Waals surface area contributed by atoms with E-state index in [1.54, 1.807) is 19.1 Å². The molecule has 0 saturated carbocycles. The van der Waals surface area contributed by atoms with E-state index in [2.05, 4.69) is 10.6 Å². The zero-order chi connectivity index (χ0) is 17.2. The highest BCUT2D eigenvalue weighted by atomic mass is 16.5. The fourth-order valence-electron chi connectivity index (χ4n) is 1.90. The Morgan fingerprint density at radius 3 is 2.48 bits per heavy atom. The summed E-state index contributed by atoms with van der Waals surface area (Å²) in [5.74, 6) is -0.842. The van der Waals surface area contributed by atoms with Crippen molar-refractivity contribution < 1.29 is 19.1 Å². The SMILES string of the molecule is CCOC(=O)CCCNC(=O)CNC(=O)c1ccc(C)c(C)c1. The number of benzene rings is 1. The summed E-state index contributed by atoms with van der Waals surface area (Å²) in [5, 5.41) is 5.22. The molecule has 0 aliphatic carbocycles. The molecule has 1 aromatic carbocycles. The number of rotatable bonds is 8. The lowest BCUT2D eigenvalue weighted by Crippen LogP contribution is -2.37. The predicted octanol–water partition coefficient (Wildman–Crippen LogP) is 1.49. The Morgan fingerprint density at radius 1 is 1.09 bits per heavy atom. The molecule has 0 atom stereocenters. The average Bonchev–Trinajstić information content (AvgIpc) is 2.52. The summed E-state index contributed by atoms with van der Waals surface area (Å²) in [6.45, 7) is 6.29. The molecule has 1 aromatic rings. The molecule has 2 N–H and O–H groups in total. The zero-order valence-electron chi connectivity index (χ0n) is 13.9. The molecule has 2 amide bonds. The molecule has 23 heavy (non-hydrogen) atoms. The highest BCUT2D eigenvalue weighted by Gasteiger charge is 2.09. The van der Waals surface area contributed by atoms with Crippen molar-refractivity contribution in [2.45, 2.75) is 33.6 Å². The van der Waals surface area contributed by atoms with Gasteiger partial charge in [-0.15, -0.1) is 0 Å². The quantitative estimate of drug-likeness (QED) is 0.561. The van der Waals surface area contributed by atoms with Crippen molar-refractivity contribution >= 4 is 17.8 Å². The van der Waals surface area contributed by atoms with Crippen molar-refractivity contribution in [3.05, 3.63) is 34.9 Å². The monoisotopic (exact) mass is 320 g/mol. The lowest BCUT2D eigenvalue weighted by Gasteiger charge is -2.08. The summed E-state index contributed by atoms with van der Waals surface area (Å²) < 4.78 is 4.79. The summed E-state index contributed by atoms with van der Waals surface area (Å²) in [4.78, 5) is 34.7. The van der Waals surface area contributed by atoms with Gasteiger partial charge in [-0.2, -0.15) is 0 Å². The van der Waals surface area contributed by atoms with Crippen molar-refractivity contribution in [3.8, 4) is 0 Å². The maximum Gasteiger partial charge on any atom is 0.305 e. The smallest absolute Gasteiger partial charge is 0.305 e. The van der Waals surface area contributed by atoms with E-state index in [9.17, 15) is 14.4 Å². The number of esters is 1. The number of hydrogen-bond acceptors (Lipinski definition) is 4. The lowest BCUT2D eigenvalue weighted by atomic mass is 10.1. The Labute approximate surface area is 136 Å². The number of ether oxygens (including phenoxy) is 1. The second kappa shape index (κ2) is 9.61. The molecule has 1 rings (SSSR count). The van der Waals surface area contributed by atoms with Gasteiger partial charge in [-0.25, -0.2) is 0 Å². The molecule has 0 aliphatic rings. The van der Waals surface area contributed by atoms with Gasteiger partial charge in [0, 0.05) is 18.5 Å². The van der Waals surface area contributed by atoms with E-state index >= 15 is 0 Å². The molecule has 0 radical (unpaired) electrons. The van der Waals surface area contributed by atoms with E-state index in [1.165, 1.54) is 0 Å². The van der Waals surface area contributed by atoms with Gasteiger partial charge in [-0.05, 0) is 50.5 Å². The Kier molecular flexibility index (Phi) is 7.80. The predicted molar refractivity (Wildman–Crippen MR) is 87.1 cm³/mol. The molecule has 0 aromatic heterocycles. The molecule has 0 bridgehead atoms. The molecule has 0 aliphatic heterocycles. The molecule has 6 heteroatoms. The van der Waals surface area contributed by atoms with Crippen LogP contribution in [0.4, 0.5) is 0 Å². The number of amides is 2. The first-order valence-corrected chi connectivity index (χ1v) is 7.71. The van der Waals surface area contributed by atoms with Gasteiger partial charge >= 0.3 is 5.97 Å². The normalized spacial score (nSPS) is 10.0. The fourth-order valence-corrected chi connectivity index (χ4v) is 1.90. The van der Waals surface area contributed by atoms with Crippen molar-refractivity contribution in [3.63, 3.8) is 0 Å². The second-order valence-corrected chi connectivity index (χ2v) is 5.24. The van der Waals surface area contributed by atoms with Gasteiger partial charge in [-0.1, -0.05) is 6.07 Å². The summed E-state index contributed by atoms with van der Waals surface area (Å²) in [6.07, 6.45) is 0.777. The van der Waals surface area contributed by atoms with Gasteiger partial charge < -0.3 is 15.4 Å². The summed E-state index contributed by atoms with van der Waals surface area (Å²) in [5.41, 5.74) is 2.67. The van der Waals surface area contributed by atoms with Crippen LogP contribution in [0.1, 0.15) is 41.3 Å². The van der Waals surface area contributed by atoms with E-state index in [-0.39, 0.29) is 30.7 Å². The summed E-state index contributed by atoms with van der Waals surface area (Å²) in [7, 11) is 0. The van der Waals surface area contributed by atoms with Crippen LogP contribution in [0.25, 0.3) is 0 Å². The van der Waals surface area contributed by atoms with Gasteiger partial charge in [0.1, 0.15) is 0 Å². The molecule has 0 heterocycles. The fraction of sp³-hybridized carbons (Fsp3) is 0.471. The van der Waals surface area contributed by atoms with E-state index in [1.807, 2.05) is 19.9 Å². The van der Waals surface area contributed by atoms with Crippen LogP contribution in [-0.2, 0) is 14.3 Å². The van der Waals surface area contributed by atoms with Crippen molar-refractivity contribution in [2.75, 3.05) is 19.7 Å². The van der Waals surface area contributed by atoms with Gasteiger partial charge in [-0.3, -0.25) is 14.4 Å². The molecule has 126 valence electrons. The minimum absolute atomic E-state index is 0.0921. The van der Waals surface area contributed by atoms with Crippen LogP contribution in [0.2, 0.25) is 0 Å². The van der Waals surface area contributed by atoms with Crippen LogP contribution in [0.15, 0.2) is 18.2 Å². The van der Waals surface area contributed by atoms with E-state index < -0.39 is 0 Å². The van der Waals surface area contributed by atoms with Crippen LogP contribution in [0.5, 0.6) is 0 Å². The number of carbonyl (C=O) groups is 3. The highest BCUT2D eigenvalue weighted by molar-refractivity contribution is 5.96. The Morgan fingerprint density at radius 2 is 1.83 bits per heavy atom. The number of nitrogens with one attached hydrogen (secondary N) is 2. The Balaban J connectivity index is 2.26. The number of hydrogen-bond donors (Lipinski definition) is 2. The third-order valence-electron chi connectivity index (χ3n) is 3.36. The topological polar surface area (TPSA) is 84.5 Å². The van der Waals surface area contributed by atoms with Crippen molar-refractivity contribution in [1.29, 1.82) is 0 Å². The van der Waals surface area contributed by atoms with Crippen molar-refractivity contribution in [2.24, 2.45) is 0 Å². The van der Waals surface area contributed by atoms with E-state index in [0.717, 1.165) is 11.1 Å². The largest absolute Gasteiger partial charge is 0.466 e. The van der Waals surface area contributed by atoms with Gasteiger partial charge in [0.2, 0.25) is 5.91 Å². The maximum absolute atomic E-state index is 12.0. The minimum Gasteiger partial charge on any atom is -0.466 e. The van der Waals surface area contributed by atoms with Crippen LogP contribution in [0.3, 0.4) is 0 Å². The molecule has 0 unspecified atom stereocenters. The zero-order valence-corrected chi connectivity index (χ0v) is 13.9. The maximum atomic E-state index is 12.0. The Hall–Kier alpha value is -2.37. The summed E-state index contributed by atoms with van der Waals surface area (Å²) >= 11 is 0. The van der Waals surface area contributed by atoms with Gasteiger partial charge in [0.25, 0.3) is 5.91 Å². The molecule has 0 saturated heterocycles. The number of aryl methyl sites for hydroxylation is 2. The van der Waals surface area contributed by atoms with Crippen molar-refractivity contribution in [1.82, 2.24) is 10.6 Å². The van der Waals surface area contributed by atoms with E-state index in [4.69, 9.17) is 4.74 Å². The standard InChI is InChI=1S/C17H24N2O4/c1-4-23-16(21)6-5-9-18-15(20)11-19-17(22)14-8-7-12(2)13(3)10-14/h7-8,10H,4-6,9,11H2,1-3H3,(H,18,20)(H,19,22). The lowest BCUT2D eigenvalue weighted by molar-refractivity contribution is -0.143.